The Kier molecular flexibility index (Phi) is 4.01. The lowest BCUT2D eigenvalue weighted by Crippen LogP contribution is -2.35. The minimum atomic E-state index is -0.685. The fourth-order valence-electron chi connectivity index (χ4n) is 3.16. The van der Waals surface area contributed by atoms with E-state index >= 15 is 0 Å². The van der Waals surface area contributed by atoms with E-state index in [9.17, 15) is 9.59 Å². The molecular formula is C20H18N4O2. The maximum atomic E-state index is 12.8. The summed E-state index contributed by atoms with van der Waals surface area (Å²) in [4.78, 5) is 24.9. The zero-order chi connectivity index (χ0) is 18.1. The largest absolute Gasteiger partial charge is 0.324 e. The van der Waals surface area contributed by atoms with E-state index in [4.69, 9.17) is 0 Å². The van der Waals surface area contributed by atoms with Crippen LogP contribution in [0.3, 0.4) is 0 Å². The van der Waals surface area contributed by atoms with Gasteiger partial charge in [0.2, 0.25) is 11.8 Å². The smallest absolute Gasteiger partial charge is 0.249 e. The van der Waals surface area contributed by atoms with E-state index in [1.807, 2.05) is 67.6 Å². The van der Waals surface area contributed by atoms with Gasteiger partial charge in [0.1, 0.15) is 11.9 Å². The maximum absolute atomic E-state index is 12.8. The number of carbonyl (C=O) groups is 2. The molecule has 4 rings (SSSR count). The van der Waals surface area contributed by atoms with Gasteiger partial charge < -0.3 is 10.6 Å². The second-order valence-corrected chi connectivity index (χ2v) is 6.26. The Morgan fingerprint density at radius 1 is 1.12 bits per heavy atom. The van der Waals surface area contributed by atoms with Gasteiger partial charge in [-0.05, 0) is 19.1 Å². The SMILES string of the molecule is Cc1c(-c2ccccc2)nn2c1NC(=O)C[C@@H]2C(=O)Nc1ccccc1. The van der Waals surface area contributed by atoms with Crippen LogP contribution < -0.4 is 10.6 Å². The summed E-state index contributed by atoms with van der Waals surface area (Å²) in [6, 6.07) is 18.2. The van der Waals surface area contributed by atoms with Crippen LogP contribution in [0, 0.1) is 6.92 Å². The molecule has 1 aliphatic rings. The number of hydrogen-bond acceptors (Lipinski definition) is 3. The highest BCUT2D eigenvalue weighted by atomic mass is 16.2. The highest BCUT2D eigenvalue weighted by Gasteiger charge is 2.34. The van der Waals surface area contributed by atoms with Crippen LogP contribution in [0.15, 0.2) is 60.7 Å². The van der Waals surface area contributed by atoms with Crippen molar-refractivity contribution in [2.24, 2.45) is 0 Å². The molecular weight excluding hydrogens is 328 g/mol. The molecule has 2 aromatic carbocycles. The van der Waals surface area contributed by atoms with Crippen molar-refractivity contribution in [2.45, 2.75) is 19.4 Å². The highest BCUT2D eigenvalue weighted by molar-refractivity contribution is 6.02. The van der Waals surface area contributed by atoms with E-state index in [1.165, 1.54) is 0 Å². The van der Waals surface area contributed by atoms with Crippen molar-refractivity contribution in [3.8, 4) is 11.3 Å². The Hall–Kier alpha value is -3.41. The predicted molar refractivity (Wildman–Crippen MR) is 99.8 cm³/mol. The first-order chi connectivity index (χ1) is 12.6. The molecule has 0 bridgehead atoms. The summed E-state index contributed by atoms with van der Waals surface area (Å²) in [6.07, 6.45) is 0.0566. The summed E-state index contributed by atoms with van der Waals surface area (Å²) >= 11 is 0. The molecule has 0 fully saturated rings. The molecule has 26 heavy (non-hydrogen) atoms. The summed E-state index contributed by atoms with van der Waals surface area (Å²) in [5.41, 5.74) is 3.25. The average molecular weight is 346 g/mol. The van der Waals surface area contributed by atoms with Gasteiger partial charge in [-0.25, -0.2) is 4.68 Å². The molecule has 2 N–H and O–H groups in total. The molecule has 2 amide bonds. The molecule has 6 nitrogen and oxygen atoms in total. The summed E-state index contributed by atoms with van der Waals surface area (Å²) in [7, 11) is 0. The Balaban J connectivity index is 1.71. The van der Waals surface area contributed by atoms with E-state index in [0.717, 1.165) is 16.8 Å². The summed E-state index contributed by atoms with van der Waals surface area (Å²) in [5.74, 6) is 0.135. The molecule has 3 aromatic rings. The molecule has 1 aromatic heterocycles. The number of aromatic nitrogens is 2. The molecule has 0 saturated heterocycles. The van der Waals surface area contributed by atoms with Gasteiger partial charge in [0.05, 0.1) is 12.1 Å². The molecule has 1 aliphatic heterocycles. The van der Waals surface area contributed by atoms with Gasteiger partial charge in [0.25, 0.3) is 0 Å². The Morgan fingerprint density at radius 2 is 1.77 bits per heavy atom. The molecule has 6 heteroatoms. The normalized spacial score (nSPS) is 15.9. The zero-order valence-electron chi connectivity index (χ0n) is 14.3. The minimum absolute atomic E-state index is 0.0566. The second-order valence-electron chi connectivity index (χ2n) is 6.26. The first-order valence-electron chi connectivity index (χ1n) is 8.44. The number of fused-ring (bicyclic) bond motifs is 1. The first-order valence-corrected chi connectivity index (χ1v) is 8.44. The molecule has 1 atom stereocenters. The third-order valence-electron chi connectivity index (χ3n) is 4.47. The number of carbonyl (C=O) groups excluding carboxylic acids is 2. The van der Waals surface area contributed by atoms with Crippen molar-refractivity contribution >= 4 is 23.3 Å². The highest BCUT2D eigenvalue weighted by Crippen LogP contribution is 2.34. The van der Waals surface area contributed by atoms with Crippen LogP contribution in [0.2, 0.25) is 0 Å². The standard InChI is InChI=1S/C20H18N4O2/c1-13-18(14-8-4-2-5-9-14)23-24-16(12-17(25)22-19(13)24)20(26)21-15-10-6-3-7-11-15/h2-11,16H,12H2,1H3,(H,21,26)(H,22,25)/t16-/m1/s1. The first kappa shape index (κ1) is 16.1. The zero-order valence-corrected chi connectivity index (χ0v) is 14.3. The van der Waals surface area contributed by atoms with Crippen molar-refractivity contribution in [2.75, 3.05) is 10.6 Å². The van der Waals surface area contributed by atoms with Gasteiger partial charge in [-0.2, -0.15) is 5.10 Å². The molecule has 0 spiro atoms. The Bertz CT molecular complexity index is 964. The number of nitrogens with one attached hydrogen (secondary N) is 2. The van der Waals surface area contributed by atoms with E-state index < -0.39 is 6.04 Å². The van der Waals surface area contributed by atoms with Gasteiger partial charge in [-0.15, -0.1) is 0 Å². The lowest BCUT2D eigenvalue weighted by atomic mass is 10.1. The molecule has 0 saturated carbocycles. The van der Waals surface area contributed by atoms with Crippen LogP contribution >= 0.6 is 0 Å². The van der Waals surface area contributed by atoms with Crippen LogP contribution in [0.5, 0.6) is 0 Å². The minimum Gasteiger partial charge on any atom is -0.324 e. The van der Waals surface area contributed by atoms with Gasteiger partial charge in [0, 0.05) is 16.8 Å². The van der Waals surface area contributed by atoms with Gasteiger partial charge in [0.15, 0.2) is 0 Å². The number of rotatable bonds is 3. The lowest BCUT2D eigenvalue weighted by Gasteiger charge is -2.24. The third-order valence-corrected chi connectivity index (χ3v) is 4.47. The maximum Gasteiger partial charge on any atom is 0.249 e. The molecule has 130 valence electrons. The second kappa shape index (κ2) is 6.48. The summed E-state index contributed by atoms with van der Waals surface area (Å²) in [5, 5.41) is 10.4. The Labute approximate surface area is 150 Å². The topological polar surface area (TPSA) is 76.0 Å². The van der Waals surface area contributed by atoms with E-state index in [-0.39, 0.29) is 18.2 Å². The number of para-hydroxylation sites is 1. The summed E-state index contributed by atoms with van der Waals surface area (Å²) < 4.78 is 1.62. The van der Waals surface area contributed by atoms with Gasteiger partial charge >= 0.3 is 0 Å². The Morgan fingerprint density at radius 3 is 2.46 bits per heavy atom. The van der Waals surface area contributed by atoms with Crippen LogP contribution in [0.4, 0.5) is 11.5 Å². The monoisotopic (exact) mass is 346 g/mol. The van der Waals surface area contributed by atoms with Gasteiger partial charge in [-0.1, -0.05) is 48.5 Å². The number of nitrogens with zero attached hydrogens (tertiary/aromatic N) is 2. The van der Waals surface area contributed by atoms with E-state index in [0.29, 0.717) is 11.5 Å². The fourth-order valence-corrected chi connectivity index (χ4v) is 3.16. The fraction of sp³-hybridized carbons (Fsp3) is 0.150. The molecule has 0 aliphatic carbocycles. The molecule has 0 unspecified atom stereocenters. The van der Waals surface area contributed by atoms with Crippen molar-refractivity contribution in [1.82, 2.24) is 9.78 Å². The number of benzene rings is 2. The van der Waals surface area contributed by atoms with Crippen LogP contribution in [0.25, 0.3) is 11.3 Å². The quantitative estimate of drug-likeness (QED) is 0.763. The average Bonchev–Trinajstić information content (AvgIpc) is 2.99. The van der Waals surface area contributed by atoms with Crippen LogP contribution in [0.1, 0.15) is 18.0 Å². The number of anilines is 2. The van der Waals surface area contributed by atoms with Crippen molar-refractivity contribution in [3.05, 3.63) is 66.2 Å². The van der Waals surface area contributed by atoms with E-state index in [2.05, 4.69) is 15.7 Å². The number of hydrogen-bond donors (Lipinski definition) is 2. The van der Waals surface area contributed by atoms with Crippen molar-refractivity contribution < 1.29 is 9.59 Å². The van der Waals surface area contributed by atoms with Crippen LogP contribution in [-0.2, 0) is 9.59 Å². The molecule has 0 radical (unpaired) electrons. The van der Waals surface area contributed by atoms with Crippen molar-refractivity contribution in [1.29, 1.82) is 0 Å². The van der Waals surface area contributed by atoms with Crippen LogP contribution in [-0.4, -0.2) is 21.6 Å². The summed E-state index contributed by atoms with van der Waals surface area (Å²) in [6.45, 7) is 1.90. The van der Waals surface area contributed by atoms with Gasteiger partial charge in [-0.3, -0.25) is 9.59 Å². The lowest BCUT2D eigenvalue weighted by molar-refractivity contribution is -0.125. The molecule has 2 heterocycles. The van der Waals surface area contributed by atoms with E-state index in [1.54, 1.807) is 4.68 Å². The van der Waals surface area contributed by atoms with Crippen molar-refractivity contribution in [3.63, 3.8) is 0 Å². The predicted octanol–water partition coefficient (Wildman–Crippen LogP) is 3.38. The third kappa shape index (κ3) is 2.86. The number of amides is 2.